The number of hydrogen-bond acceptors (Lipinski definition) is 9. The topological polar surface area (TPSA) is 134 Å². The fraction of sp³-hybridized carbons (Fsp3) is 0.400. The molecule has 3 aromatic heterocycles. The molecular formula is C40H47N7O5. The lowest BCUT2D eigenvalue weighted by molar-refractivity contribution is 0.0428. The summed E-state index contributed by atoms with van der Waals surface area (Å²) in [5, 5.41) is 11.1. The van der Waals surface area contributed by atoms with Gasteiger partial charge in [0.25, 0.3) is 5.91 Å². The Morgan fingerprint density at radius 1 is 0.962 bits per heavy atom. The van der Waals surface area contributed by atoms with Gasteiger partial charge in [0, 0.05) is 76.8 Å². The second-order valence-corrected chi connectivity index (χ2v) is 14.6. The number of rotatable bonds is 6. The molecule has 0 radical (unpaired) electrons. The number of aromatic nitrogens is 3. The van der Waals surface area contributed by atoms with Crippen molar-refractivity contribution < 1.29 is 32.1 Å². The highest BCUT2D eigenvalue weighted by Crippen LogP contribution is 2.36. The first-order valence-electron chi connectivity index (χ1n) is 19.8. The predicted octanol–water partition coefficient (Wildman–Crippen LogP) is 7.74. The molecule has 5 rings (SSSR count). The van der Waals surface area contributed by atoms with Crippen LogP contribution in [0.2, 0.25) is 0 Å². The Morgan fingerprint density at radius 3 is 2.17 bits per heavy atom. The minimum atomic E-state index is -3.13. The molecule has 1 aromatic carbocycles. The van der Waals surface area contributed by atoms with Crippen LogP contribution in [-0.2, 0) is 16.5 Å². The van der Waals surface area contributed by atoms with Crippen molar-refractivity contribution in [1.29, 1.82) is 5.26 Å². The molecule has 1 unspecified atom stereocenters. The van der Waals surface area contributed by atoms with Crippen LogP contribution in [0.3, 0.4) is 0 Å². The summed E-state index contributed by atoms with van der Waals surface area (Å²) in [6.45, 7) is 7.12. The number of pyridine rings is 2. The molecule has 272 valence electrons. The summed E-state index contributed by atoms with van der Waals surface area (Å²) in [6.07, 6.45) is 2.41. The molecule has 1 aliphatic rings. The number of amides is 3. The number of anilines is 1. The Kier molecular flexibility index (Phi) is 8.46. The summed E-state index contributed by atoms with van der Waals surface area (Å²) < 4.78 is 58.3. The molecule has 4 aromatic rings. The summed E-state index contributed by atoms with van der Waals surface area (Å²) in [4.78, 5) is 51.4. The molecule has 0 saturated heterocycles. The monoisotopic (exact) mass is 711 g/mol. The van der Waals surface area contributed by atoms with Gasteiger partial charge in [0.15, 0.2) is 5.69 Å². The lowest BCUT2D eigenvalue weighted by atomic mass is 9.97. The molecule has 0 saturated carbocycles. The maximum Gasteiger partial charge on any atom is 0.425 e. The van der Waals surface area contributed by atoms with Crippen molar-refractivity contribution in [3.63, 3.8) is 0 Å². The number of imide groups is 1. The quantitative estimate of drug-likeness (QED) is 0.197. The van der Waals surface area contributed by atoms with E-state index in [9.17, 15) is 19.6 Å². The Balaban J connectivity index is 1.40. The standard InChI is InChI=1S/C40H47N7O5/c1-25(46-21-18-27(19-22-46)26-11-13-28(14-12-26)36(48)44(8)9)33-23-31-29(17-20-42-35(31)45(33)10)30-15-16-34(43-32(30)24-41)47(37(49)51-39(2,3)4)38(50)52-40(5,6)7/h11-18,20,23,25H,19,21-22H2,1-10H3/i8D3,9D3. The molecule has 52 heavy (non-hydrogen) atoms. The summed E-state index contributed by atoms with van der Waals surface area (Å²) in [5.74, 6) is -1.23. The zero-order chi connectivity index (χ0) is 43.1. The SMILES string of the molecule is [2H]C([2H])([2H])N(C(=O)c1ccc(C2=CCN(C(C)c3cc4c(-c5ccc(N(C(=O)OC(C)(C)C)C(=O)OC(C)(C)C)nc5C#N)ccnc4n3C)CC2)cc1)C([2H])([2H])[2H]. The van der Waals surface area contributed by atoms with Crippen LogP contribution in [0.15, 0.2) is 60.8 Å². The normalized spacial score (nSPS) is 16.5. The summed E-state index contributed by atoms with van der Waals surface area (Å²) in [6, 6.07) is 15.2. The number of nitrogens with zero attached hydrogens (tertiary/aromatic N) is 7. The van der Waals surface area contributed by atoms with E-state index in [0.29, 0.717) is 41.2 Å². The molecular weight excluding hydrogens is 658 g/mol. The van der Waals surface area contributed by atoms with Crippen molar-refractivity contribution in [3.8, 4) is 17.2 Å². The van der Waals surface area contributed by atoms with Crippen LogP contribution in [0.25, 0.3) is 27.7 Å². The van der Waals surface area contributed by atoms with Gasteiger partial charge in [-0.2, -0.15) is 10.2 Å². The van der Waals surface area contributed by atoms with Crippen LogP contribution >= 0.6 is 0 Å². The van der Waals surface area contributed by atoms with Gasteiger partial charge in [-0.25, -0.2) is 19.6 Å². The van der Waals surface area contributed by atoms with Crippen molar-refractivity contribution >= 4 is 40.5 Å². The Labute approximate surface area is 313 Å². The number of fused-ring (bicyclic) bond motifs is 1. The van der Waals surface area contributed by atoms with E-state index < -0.39 is 43.2 Å². The molecule has 0 N–H and O–H groups in total. The van der Waals surface area contributed by atoms with E-state index in [1.165, 1.54) is 18.2 Å². The number of carbonyl (C=O) groups excluding carboxylic acids is 3. The van der Waals surface area contributed by atoms with Gasteiger partial charge >= 0.3 is 12.2 Å². The minimum absolute atomic E-state index is 0.0291. The van der Waals surface area contributed by atoms with Crippen LogP contribution < -0.4 is 4.90 Å². The van der Waals surface area contributed by atoms with Crippen molar-refractivity contribution in [2.45, 2.75) is 72.1 Å². The van der Waals surface area contributed by atoms with Crippen LogP contribution in [0.5, 0.6) is 0 Å². The third-order valence-corrected chi connectivity index (χ3v) is 8.55. The van der Waals surface area contributed by atoms with Crippen molar-refractivity contribution in [2.24, 2.45) is 7.05 Å². The van der Waals surface area contributed by atoms with Crippen LogP contribution in [-0.4, -0.2) is 80.7 Å². The van der Waals surface area contributed by atoms with E-state index in [1.807, 2.05) is 17.7 Å². The fourth-order valence-corrected chi connectivity index (χ4v) is 6.07. The van der Waals surface area contributed by atoms with Gasteiger partial charge in [0.05, 0.1) is 0 Å². The molecule has 0 bridgehead atoms. The molecule has 1 aliphatic heterocycles. The molecule has 0 aliphatic carbocycles. The fourth-order valence-electron chi connectivity index (χ4n) is 6.07. The first-order chi connectivity index (χ1) is 26.8. The Morgan fingerprint density at radius 2 is 1.62 bits per heavy atom. The lowest BCUT2D eigenvalue weighted by Crippen LogP contribution is -2.44. The lowest BCUT2D eigenvalue weighted by Gasteiger charge is -2.32. The third-order valence-electron chi connectivity index (χ3n) is 8.55. The number of nitriles is 1. The van der Waals surface area contributed by atoms with E-state index >= 15 is 0 Å². The minimum Gasteiger partial charge on any atom is -0.443 e. The highest BCUT2D eigenvalue weighted by Gasteiger charge is 2.34. The smallest absolute Gasteiger partial charge is 0.425 e. The van der Waals surface area contributed by atoms with Crippen molar-refractivity contribution in [2.75, 3.05) is 31.9 Å². The molecule has 3 amide bonds. The van der Waals surface area contributed by atoms with Crippen molar-refractivity contribution in [3.05, 3.63) is 83.3 Å². The largest absolute Gasteiger partial charge is 0.443 e. The second kappa shape index (κ2) is 14.6. The number of benzene rings is 1. The highest BCUT2D eigenvalue weighted by atomic mass is 16.6. The van der Waals surface area contributed by atoms with Crippen LogP contribution in [0.4, 0.5) is 15.4 Å². The molecule has 1 atom stereocenters. The van der Waals surface area contributed by atoms with E-state index in [1.54, 1.807) is 72.0 Å². The maximum atomic E-state index is 13.3. The Hall–Kier alpha value is -5.54. The van der Waals surface area contributed by atoms with E-state index in [2.05, 4.69) is 33.9 Å². The van der Waals surface area contributed by atoms with Gasteiger partial charge in [-0.05, 0) is 108 Å². The highest BCUT2D eigenvalue weighted by molar-refractivity contribution is 6.09. The van der Waals surface area contributed by atoms with Gasteiger partial charge in [-0.15, -0.1) is 0 Å². The number of carbonyl (C=O) groups is 3. The maximum absolute atomic E-state index is 13.3. The van der Waals surface area contributed by atoms with Gasteiger partial charge < -0.3 is 18.9 Å². The van der Waals surface area contributed by atoms with Gasteiger partial charge in [0.1, 0.15) is 28.7 Å². The molecule has 0 fully saturated rings. The first-order valence-corrected chi connectivity index (χ1v) is 16.8. The van der Waals surface area contributed by atoms with Crippen molar-refractivity contribution in [1.82, 2.24) is 24.3 Å². The van der Waals surface area contributed by atoms with Gasteiger partial charge in [0.2, 0.25) is 0 Å². The van der Waals surface area contributed by atoms with E-state index in [4.69, 9.17) is 17.7 Å². The predicted molar refractivity (Wildman–Crippen MR) is 201 cm³/mol. The van der Waals surface area contributed by atoms with Gasteiger partial charge in [-0.3, -0.25) is 9.69 Å². The molecule has 12 nitrogen and oxygen atoms in total. The van der Waals surface area contributed by atoms with E-state index in [-0.39, 0.29) is 28.0 Å². The summed E-state index contributed by atoms with van der Waals surface area (Å²) >= 11 is 0. The second-order valence-electron chi connectivity index (χ2n) is 14.6. The zero-order valence-corrected chi connectivity index (χ0v) is 30.6. The summed E-state index contributed by atoms with van der Waals surface area (Å²) in [5.41, 5.74) is 2.74. The number of hydrogen-bond donors (Lipinski definition) is 0. The average Bonchev–Trinajstić information content (AvgIpc) is 3.45. The average molecular weight is 712 g/mol. The van der Waals surface area contributed by atoms with Gasteiger partial charge in [-0.1, -0.05) is 18.2 Å². The molecule has 4 heterocycles. The van der Waals surface area contributed by atoms with E-state index in [0.717, 1.165) is 22.2 Å². The molecule has 12 heteroatoms. The zero-order valence-electron chi connectivity index (χ0n) is 36.6. The Bertz CT molecular complexity index is 2260. The third kappa shape index (κ3) is 8.16. The van der Waals surface area contributed by atoms with Crippen LogP contribution in [0, 0.1) is 11.3 Å². The number of aryl methyl sites for hydroxylation is 1. The molecule has 0 spiro atoms. The first kappa shape index (κ1) is 30.1. The van der Waals surface area contributed by atoms with Crippen LogP contribution in [0.1, 0.15) is 96.5 Å². The summed E-state index contributed by atoms with van der Waals surface area (Å²) in [7, 11) is 1.92. The number of ether oxygens (including phenoxy) is 2.